The molecule has 0 aliphatic carbocycles. The summed E-state index contributed by atoms with van der Waals surface area (Å²) in [6.07, 6.45) is -1.00. The van der Waals surface area contributed by atoms with Gasteiger partial charge in [-0.3, -0.25) is 4.79 Å². The molecule has 0 bridgehead atoms. The van der Waals surface area contributed by atoms with Crippen molar-refractivity contribution in [2.45, 2.75) is 58.8 Å². The van der Waals surface area contributed by atoms with Crippen LogP contribution in [0.3, 0.4) is 0 Å². The predicted octanol–water partition coefficient (Wildman–Crippen LogP) is 1.48. The van der Waals surface area contributed by atoms with E-state index in [9.17, 15) is 14.4 Å². The molecule has 1 fully saturated rings. The molecule has 8 heteroatoms. The number of hydrogen-bond acceptors (Lipinski definition) is 7. The molecule has 3 atom stereocenters. The van der Waals surface area contributed by atoms with E-state index in [-0.39, 0.29) is 30.8 Å². The fraction of sp³-hybridized carbons (Fsp3) is 0.733. The molecule has 0 aromatic carbocycles. The van der Waals surface area contributed by atoms with Crippen LogP contribution in [0.5, 0.6) is 0 Å². The molecule has 1 saturated heterocycles. The highest BCUT2D eigenvalue weighted by atomic mass is 16.6. The number of oxime groups is 1. The minimum Gasteiger partial charge on any atom is -0.464 e. The number of imide groups is 1. The van der Waals surface area contributed by atoms with E-state index in [1.807, 2.05) is 0 Å². The number of piperidine rings is 1. The molecule has 0 saturated carbocycles. The number of likely N-dealkylation sites (tertiary alicyclic amines) is 1. The Morgan fingerprint density at radius 2 is 2.04 bits per heavy atom. The summed E-state index contributed by atoms with van der Waals surface area (Å²) in [5.41, 5.74) is -0.654. The molecule has 2 aliphatic rings. The van der Waals surface area contributed by atoms with Crippen molar-refractivity contribution in [3.05, 3.63) is 0 Å². The van der Waals surface area contributed by atoms with Gasteiger partial charge in [-0.1, -0.05) is 5.16 Å². The number of hydrogen-bond donors (Lipinski definition) is 0. The van der Waals surface area contributed by atoms with Crippen molar-refractivity contribution in [2.24, 2.45) is 11.1 Å². The largest absolute Gasteiger partial charge is 0.464 e. The van der Waals surface area contributed by atoms with E-state index in [4.69, 9.17) is 14.3 Å². The highest BCUT2D eigenvalue weighted by Crippen LogP contribution is 2.32. The van der Waals surface area contributed by atoms with Crippen molar-refractivity contribution in [3.8, 4) is 0 Å². The Hall–Kier alpha value is -2.12. The molecule has 0 radical (unpaired) electrons. The van der Waals surface area contributed by atoms with Crippen LogP contribution >= 0.6 is 0 Å². The Bertz CT molecular complexity index is 551. The molecule has 2 rings (SSSR count). The van der Waals surface area contributed by atoms with E-state index >= 15 is 0 Å². The van der Waals surface area contributed by atoms with Crippen LogP contribution in [0, 0.1) is 5.92 Å². The molecule has 2 aliphatic heterocycles. The topological polar surface area (TPSA) is 94.5 Å². The van der Waals surface area contributed by atoms with Gasteiger partial charge in [0.05, 0.1) is 12.5 Å². The summed E-state index contributed by atoms with van der Waals surface area (Å²) in [6.45, 7) is 8.62. The molecular weight excluding hydrogens is 304 g/mol. The van der Waals surface area contributed by atoms with Crippen LogP contribution in [0.2, 0.25) is 0 Å². The molecule has 0 spiro atoms. The summed E-state index contributed by atoms with van der Waals surface area (Å²) in [5.74, 6) is -1.64. The summed E-state index contributed by atoms with van der Waals surface area (Å²) < 4.78 is 10.2. The monoisotopic (exact) mass is 326 g/mol. The lowest BCUT2D eigenvalue weighted by molar-refractivity contribution is -0.154. The third-order valence-electron chi connectivity index (χ3n) is 3.61. The number of ether oxygens (including phenoxy) is 2. The second-order valence-corrected chi connectivity index (χ2v) is 6.55. The Morgan fingerprint density at radius 1 is 1.39 bits per heavy atom. The average molecular weight is 326 g/mol. The molecule has 0 unspecified atom stereocenters. The number of rotatable bonds is 2. The van der Waals surface area contributed by atoms with E-state index in [0.717, 1.165) is 4.90 Å². The smallest absolute Gasteiger partial charge is 0.418 e. The normalized spacial score (nSPS) is 27.0. The molecule has 0 N–H and O–H groups in total. The first-order valence-corrected chi connectivity index (χ1v) is 7.62. The number of amides is 2. The van der Waals surface area contributed by atoms with Crippen molar-refractivity contribution >= 4 is 23.7 Å². The number of nitrogens with zero attached hydrogens (tertiary/aromatic N) is 2. The van der Waals surface area contributed by atoms with Crippen LogP contribution in [0.25, 0.3) is 0 Å². The van der Waals surface area contributed by atoms with Gasteiger partial charge in [-0.05, 0) is 41.0 Å². The highest BCUT2D eigenvalue weighted by Gasteiger charge is 2.51. The minimum absolute atomic E-state index is 0.143. The molecule has 2 amide bonds. The average Bonchev–Trinajstić information content (AvgIpc) is 2.78. The Morgan fingerprint density at radius 3 is 2.61 bits per heavy atom. The third kappa shape index (κ3) is 3.46. The van der Waals surface area contributed by atoms with Gasteiger partial charge in [0.2, 0.25) is 0 Å². The molecule has 128 valence electrons. The first kappa shape index (κ1) is 17.2. The van der Waals surface area contributed by atoms with Gasteiger partial charge in [-0.25, -0.2) is 14.5 Å². The number of carbonyl (C=O) groups excluding carboxylic acids is 3. The highest BCUT2D eigenvalue weighted by molar-refractivity contribution is 6.43. The van der Waals surface area contributed by atoms with E-state index in [1.54, 1.807) is 34.6 Å². The van der Waals surface area contributed by atoms with Gasteiger partial charge in [0.1, 0.15) is 17.7 Å². The van der Waals surface area contributed by atoms with Crippen LogP contribution < -0.4 is 0 Å². The van der Waals surface area contributed by atoms with Crippen LogP contribution in [0.4, 0.5) is 4.79 Å². The Labute approximate surface area is 134 Å². The zero-order valence-electron chi connectivity index (χ0n) is 14.0. The Balaban J connectivity index is 2.31. The van der Waals surface area contributed by atoms with Crippen LogP contribution in [0.15, 0.2) is 5.16 Å². The van der Waals surface area contributed by atoms with Crippen molar-refractivity contribution in [3.63, 3.8) is 0 Å². The summed E-state index contributed by atoms with van der Waals surface area (Å²) in [7, 11) is 0. The summed E-state index contributed by atoms with van der Waals surface area (Å²) in [4.78, 5) is 43.1. The lowest BCUT2D eigenvalue weighted by atomic mass is 9.86. The zero-order chi connectivity index (χ0) is 17.4. The molecule has 23 heavy (non-hydrogen) atoms. The number of esters is 1. The minimum atomic E-state index is -1.04. The lowest BCUT2D eigenvalue weighted by Crippen LogP contribution is -2.59. The van der Waals surface area contributed by atoms with E-state index in [2.05, 4.69) is 5.16 Å². The van der Waals surface area contributed by atoms with Crippen LogP contribution in [-0.2, 0) is 23.9 Å². The number of fused-ring (bicyclic) bond motifs is 1. The van der Waals surface area contributed by atoms with Crippen molar-refractivity contribution in [2.75, 3.05) is 6.61 Å². The first-order valence-electron chi connectivity index (χ1n) is 7.62. The quantitative estimate of drug-likeness (QED) is 0.713. The fourth-order valence-electron chi connectivity index (χ4n) is 2.58. The van der Waals surface area contributed by atoms with Gasteiger partial charge in [-0.15, -0.1) is 0 Å². The maximum absolute atomic E-state index is 12.6. The van der Waals surface area contributed by atoms with Crippen molar-refractivity contribution in [1.82, 2.24) is 4.90 Å². The Kier molecular flexibility index (Phi) is 4.63. The van der Waals surface area contributed by atoms with Crippen LogP contribution in [-0.4, -0.2) is 52.9 Å². The van der Waals surface area contributed by atoms with Gasteiger partial charge < -0.3 is 14.3 Å². The van der Waals surface area contributed by atoms with E-state index in [0.29, 0.717) is 0 Å². The fourth-order valence-corrected chi connectivity index (χ4v) is 2.58. The third-order valence-corrected chi connectivity index (χ3v) is 3.61. The van der Waals surface area contributed by atoms with Gasteiger partial charge in [0, 0.05) is 0 Å². The molecule has 8 nitrogen and oxygen atoms in total. The van der Waals surface area contributed by atoms with Gasteiger partial charge >= 0.3 is 12.1 Å². The second-order valence-electron chi connectivity index (χ2n) is 6.55. The maximum Gasteiger partial charge on any atom is 0.418 e. The second kappa shape index (κ2) is 6.17. The summed E-state index contributed by atoms with van der Waals surface area (Å²) in [6, 6.07) is -1.04. The molecule has 2 heterocycles. The van der Waals surface area contributed by atoms with Gasteiger partial charge in [-0.2, -0.15) is 0 Å². The van der Waals surface area contributed by atoms with E-state index < -0.39 is 29.6 Å². The first-order chi connectivity index (χ1) is 10.7. The van der Waals surface area contributed by atoms with Gasteiger partial charge in [0.15, 0.2) is 5.71 Å². The lowest BCUT2D eigenvalue weighted by Gasteiger charge is -2.35. The summed E-state index contributed by atoms with van der Waals surface area (Å²) in [5, 5.41) is 3.75. The zero-order valence-corrected chi connectivity index (χ0v) is 14.0. The van der Waals surface area contributed by atoms with Crippen LogP contribution in [0.1, 0.15) is 41.0 Å². The van der Waals surface area contributed by atoms with Gasteiger partial charge in [0.25, 0.3) is 5.91 Å². The van der Waals surface area contributed by atoms with E-state index in [1.165, 1.54) is 0 Å². The van der Waals surface area contributed by atoms with Crippen molar-refractivity contribution < 1.29 is 28.7 Å². The number of carbonyl (C=O) groups is 3. The maximum atomic E-state index is 12.6. The molecule has 0 aromatic heterocycles. The standard InChI is InChI=1S/C15H22N2O6/c1-6-21-13(19)10-7-9-8(2)23-16-11(9)12(18)17(10)14(20)22-15(3,4)5/h8-10H,6-7H2,1-5H3/t8-,9+,10+/m0/s1. The predicted molar refractivity (Wildman–Crippen MR) is 79.6 cm³/mol. The molecular formula is C15H22N2O6. The van der Waals surface area contributed by atoms with Crippen molar-refractivity contribution in [1.29, 1.82) is 0 Å². The SMILES string of the molecule is CCOC(=O)[C@H]1C[C@H]2C(=NO[C@H]2C)C(=O)N1C(=O)OC(C)(C)C. The molecule has 0 aromatic rings. The summed E-state index contributed by atoms with van der Waals surface area (Å²) >= 11 is 0.